The number of unbranched alkanes of at least 4 members (excludes halogenated alkanes) is 1. The van der Waals surface area contributed by atoms with Crippen molar-refractivity contribution in [3.63, 3.8) is 0 Å². The zero-order chi connectivity index (χ0) is 15.0. The van der Waals surface area contributed by atoms with E-state index in [9.17, 15) is 4.79 Å². The normalized spacial score (nSPS) is 12.0. The zero-order valence-corrected chi connectivity index (χ0v) is 12.7. The molecule has 20 heavy (non-hydrogen) atoms. The molecule has 0 radical (unpaired) electrons. The maximum absolute atomic E-state index is 11.9. The summed E-state index contributed by atoms with van der Waals surface area (Å²) in [5, 5.41) is 2.88. The van der Waals surface area contributed by atoms with Crippen molar-refractivity contribution in [1.82, 2.24) is 5.32 Å². The molecule has 1 amide bonds. The molecular formula is C16H26N2O2. The summed E-state index contributed by atoms with van der Waals surface area (Å²) in [7, 11) is 0. The molecule has 0 spiro atoms. The number of nitrogens with two attached hydrogens (primary N) is 1. The highest BCUT2D eigenvalue weighted by Crippen LogP contribution is 2.21. The second-order valence-corrected chi connectivity index (χ2v) is 5.05. The van der Waals surface area contributed by atoms with Crippen molar-refractivity contribution in [3.8, 4) is 5.75 Å². The molecule has 1 rings (SSSR count). The van der Waals surface area contributed by atoms with E-state index < -0.39 is 6.10 Å². The molecule has 1 atom stereocenters. The van der Waals surface area contributed by atoms with Crippen LogP contribution in [0, 0.1) is 6.92 Å². The molecule has 0 aromatic heterocycles. The average molecular weight is 278 g/mol. The average Bonchev–Trinajstić information content (AvgIpc) is 2.42. The van der Waals surface area contributed by atoms with Gasteiger partial charge in [0.05, 0.1) is 0 Å². The van der Waals surface area contributed by atoms with Gasteiger partial charge in [-0.15, -0.1) is 0 Å². The quantitative estimate of drug-likeness (QED) is 0.716. The summed E-state index contributed by atoms with van der Waals surface area (Å²) < 4.78 is 5.78. The van der Waals surface area contributed by atoms with E-state index in [1.165, 1.54) is 5.56 Å². The lowest BCUT2D eigenvalue weighted by molar-refractivity contribution is -0.127. The van der Waals surface area contributed by atoms with Crippen molar-refractivity contribution >= 4 is 5.91 Å². The third-order valence-corrected chi connectivity index (χ3v) is 3.13. The highest BCUT2D eigenvalue weighted by molar-refractivity contribution is 5.80. The van der Waals surface area contributed by atoms with Crippen molar-refractivity contribution in [2.45, 2.75) is 46.1 Å². The van der Waals surface area contributed by atoms with Crippen molar-refractivity contribution in [1.29, 1.82) is 0 Å². The monoisotopic (exact) mass is 278 g/mol. The first-order valence-corrected chi connectivity index (χ1v) is 7.32. The largest absolute Gasteiger partial charge is 0.481 e. The smallest absolute Gasteiger partial charge is 0.260 e. The van der Waals surface area contributed by atoms with Gasteiger partial charge in [-0.05, 0) is 44.9 Å². The number of aryl methyl sites for hydroxylation is 1. The predicted octanol–water partition coefficient (Wildman–Crippen LogP) is 2.18. The molecule has 0 aliphatic rings. The van der Waals surface area contributed by atoms with Crippen molar-refractivity contribution in [3.05, 3.63) is 29.3 Å². The Morgan fingerprint density at radius 2 is 2.20 bits per heavy atom. The van der Waals surface area contributed by atoms with Crippen LogP contribution < -0.4 is 15.8 Å². The third-order valence-electron chi connectivity index (χ3n) is 3.13. The summed E-state index contributed by atoms with van der Waals surface area (Å²) in [5.74, 6) is 0.678. The second-order valence-electron chi connectivity index (χ2n) is 5.05. The standard InChI is InChI=1S/C16H26N2O2/c1-4-5-10-18-16(19)13(3)20-15-7-6-12(2)11-14(15)8-9-17/h6-7,11,13H,4-5,8-10,17H2,1-3H3,(H,18,19). The van der Waals surface area contributed by atoms with Crippen LogP contribution in [-0.4, -0.2) is 25.1 Å². The van der Waals surface area contributed by atoms with Crippen LogP contribution in [0.2, 0.25) is 0 Å². The van der Waals surface area contributed by atoms with E-state index in [4.69, 9.17) is 10.5 Å². The van der Waals surface area contributed by atoms with Crippen LogP contribution in [-0.2, 0) is 11.2 Å². The van der Waals surface area contributed by atoms with E-state index >= 15 is 0 Å². The highest BCUT2D eigenvalue weighted by Gasteiger charge is 2.15. The van der Waals surface area contributed by atoms with Gasteiger partial charge in [0.2, 0.25) is 0 Å². The van der Waals surface area contributed by atoms with E-state index in [2.05, 4.69) is 18.3 Å². The lowest BCUT2D eigenvalue weighted by atomic mass is 10.1. The topological polar surface area (TPSA) is 64.3 Å². The van der Waals surface area contributed by atoms with E-state index in [0.717, 1.165) is 30.6 Å². The molecule has 4 heteroatoms. The fourth-order valence-electron chi connectivity index (χ4n) is 1.95. The van der Waals surface area contributed by atoms with Crippen LogP contribution >= 0.6 is 0 Å². The van der Waals surface area contributed by atoms with Gasteiger partial charge in [0, 0.05) is 6.54 Å². The van der Waals surface area contributed by atoms with E-state index in [0.29, 0.717) is 13.1 Å². The number of benzene rings is 1. The highest BCUT2D eigenvalue weighted by atomic mass is 16.5. The summed E-state index contributed by atoms with van der Waals surface area (Å²) in [5.41, 5.74) is 7.84. The van der Waals surface area contributed by atoms with Gasteiger partial charge in [0.1, 0.15) is 5.75 Å². The predicted molar refractivity (Wildman–Crippen MR) is 81.9 cm³/mol. The van der Waals surface area contributed by atoms with Crippen LogP contribution in [0.15, 0.2) is 18.2 Å². The maximum atomic E-state index is 11.9. The minimum atomic E-state index is -0.494. The maximum Gasteiger partial charge on any atom is 0.260 e. The van der Waals surface area contributed by atoms with Crippen molar-refractivity contribution < 1.29 is 9.53 Å². The molecule has 0 bridgehead atoms. The van der Waals surface area contributed by atoms with Gasteiger partial charge in [-0.3, -0.25) is 4.79 Å². The van der Waals surface area contributed by atoms with Gasteiger partial charge in [-0.1, -0.05) is 31.0 Å². The van der Waals surface area contributed by atoms with E-state index in [-0.39, 0.29) is 5.91 Å². The molecule has 1 unspecified atom stereocenters. The molecule has 0 saturated carbocycles. The van der Waals surface area contributed by atoms with Crippen LogP contribution in [0.4, 0.5) is 0 Å². The van der Waals surface area contributed by atoms with Gasteiger partial charge in [-0.25, -0.2) is 0 Å². The number of amides is 1. The Kier molecular flexibility index (Phi) is 7.09. The number of ether oxygens (including phenoxy) is 1. The summed E-state index contributed by atoms with van der Waals surface area (Å²) in [6.07, 6.45) is 2.31. The summed E-state index contributed by atoms with van der Waals surface area (Å²) in [6, 6.07) is 5.96. The molecule has 0 aliphatic heterocycles. The SMILES string of the molecule is CCCCNC(=O)C(C)Oc1ccc(C)cc1CCN. The number of rotatable bonds is 8. The second kappa shape index (κ2) is 8.59. The molecule has 4 nitrogen and oxygen atoms in total. The third kappa shape index (κ3) is 5.21. The molecular weight excluding hydrogens is 252 g/mol. The number of nitrogens with one attached hydrogen (secondary N) is 1. The van der Waals surface area contributed by atoms with Gasteiger partial charge >= 0.3 is 0 Å². The van der Waals surface area contributed by atoms with Crippen LogP contribution in [0.25, 0.3) is 0 Å². The molecule has 0 saturated heterocycles. The first-order valence-electron chi connectivity index (χ1n) is 7.32. The first-order chi connectivity index (χ1) is 9.58. The molecule has 0 aliphatic carbocycles. The molecule has 0 fully saturated rings. The minimum absolute atomic E-state index is 0.0716. The fraction of sp³-hybridized carbons (Fsp3) is 0.562. The molecule has 1 aromatic carbocycles. The Morgan fingerprint density at radius 3 is 2.85 bits per heavy atom. The summed E-state index contributed by atoms with van der Waals surface area (Å²) in [6.45, 7) is 7.17. The Bertz CT molecular complexity index is 432. The Morgan fingerprint density at radius 1 is 1.45 bits per heavy atom. The number of carbonyl (C=O) groups is 1. The molecule has 112 valence electrons. The minimum Gasteiger partial charge on any atom is -0.481 e. The molecule has 3 N–H and O–H groups in total. The lowest BCUT2D eigenvalue weighted by Crippen LogP contribution is -2.37. The fourth-order valence-corrected chi connectivity index (χ4v) is 1.95. The molecule has 0 heterocycles. The van der Waals surface area contributed by atoms with Crippen LogP contribution in [0.3, 0.4) is 0 Å². The Balaban J connectivity index is 2.64. The lowest BCUT2D eigenvalue weighted by Gasteiger charge is -2.17. The van der Waals surface area contributed by atoms with Crippen LogP contribution in [0.5, 0.6) is 5.75 Å². The number of hydrogen-bond acceptors (Lipinski definition) is 3. The number of hydrogen-bond donors (Lipinski definition) is 2. The Labute approximate surface area is 121 Å². The Hall–Kier alpha value is -1.55. The van der Waals surface area contributed by atoms with Gasteiger partial charge in [-0.2, -0.15) is 0 Å². The van der Waals surface area contributed by atoms with E-state index in [1.807, 2.05) is 19.1 Å². The summed E-state index contributed by atoms with van der Waals surface area (Å²) in [4.78, 5) is 11.9. The van der Waals surface area contributed by atoms with Gasteiger partial charge in [0.25, 0.3) is 5.91 Å². The summed E-state index contributed by atoms with van der Waals surface area (Å²) >= 11 is 0. The van der Waals surface area contributed by atoms with Crippen LogP contribution in [0.1, 0.15) is 37.8 Å². The van der Waals surface area contributed by atoms with E-state index in [1.54, 1.807) is 6.92 Å². The first kappa shape index (κ1) is 16.5. The van der Waals surface area contributed by atoms with Gasteiger partial charge < -0.3 is 15.8 Å². The molecule has 1 aromatic rings. The number of carbonyl (C=O) groups excluding carboxylic acids is 1. The van der Waals surface area contributed by atoms with Gasteiger partial charge in [0.15, 0.2) is 6.10 Å². The zero-order valence-electron chi connectivity index (χ0n) is 12.7. The van der Waals surface area contributed by atoms with Crippen molar-refractivity contribution in [2.75, 3.05) is 13.1 Å². The van der Waals surface area contributed by atoms with Crippen molar-refractivity contribution in [2.24, 2.45) is 5.73 Å².